The first kappa shape index (κ1) is 80.6. The number of fused-ring (bicyclic) bond motifs is 15. The Morgan fingerprint density at radius 2 is 0.346 bits per heavy atom. The highest BCUT2D eigenvalue weighted by Crippen LogP contribution is 2.45. The van der Waals surface area contributed by atoms with Crippen LogP contribution in [0.1, 0.15) is 0 Å². The van der Waals surface area contributed by atoms with Crippen molar-refractivity contribution in [1.82, 2.24) is 15.0 Å². The smallest absolute Gasteiger partial charge is 0.348 e. The molecule has 20 aromatic rings. The van der Waals surface area contributed by atoms with Crippen LogP contribution in [0, 0.1) is 0 Å². The van der Waals surface area contributed by atoms with Gasteiger partial charge in [0.25, 0.3) is 0 Å². The van der Waals surface area contributed by atoms with Gasteiger partial charge in [-0.3, -0.25) is 15.0 Å². The summed E-state index contributed by atoms with van der Waals surface area (Å²) in [5.74, 6) is 0. The van der Waals surface area contributed by atoms with Crippen LogP contribution in [0.2, 0.25) is 0 Å². The second-order valence-electron chi connectivity index (χ2n) is 32.7. The van der Waals surface area contributed by atoms with Gasteiger partial charge in [0.05, 0.1) is 0 Å². The predicted octanol–water partition coefficient (Wildman–Crippen LogP) is 21.2. The second-order valence-corrected chi connectivity index (χ2v) is 32.7. The molecule has 0 atom stereocenters. The molecule has 0 unspecified atom stereocenters. The van der Waals surface area contributed by atoms with Crippen molar-refractivity contribution >= 4 is 146 Å². The normalized spacial score (nSPS) is 12.5. The van der Waals surface area contributed by atoms with Gasteiger partial charge in [0.15, 0.2) is 0 Å². The molecule has 5 aliphatic heterocycles. The molecule has 0 aliphatic carbocycles. The lowest BCUT2D eigenvalue weighted by molar-refractivity contribution is 1.32. The molecular formula is C117H87B5N8. The van der Waals surface area contributed by atoms with E-state index in [4.69, 9.17) is 9.97 Å². The van der Waals surface area contributed by atoms with Crippen molar-refractivity contribution in [3.63, 3.8) is 0 Å². The van der Waals surface area contributed by atoms with Crippen LogP contribution in [0.25, 0.3) is 55.6 Å². The van der Waals surface area contributed by atoms with Gasteiger partial charge in [0.2, 0.25) is 0 Å². The Labute approximate surface area is 763 Å². The van der Waals surface area contributed by atoms with Gasteiger partial charge in [-0.2, -0.15) is 0 Å². The third-order valence-electron chi connectivity index (χ3n) is 25.2. The van der Waals surface area contributed by atoms with E-state index >= 15 is 0 Å². The highest BCUT2D eigenvalue weighted by molar-refractivity contribution is 6.93. The van der Waals surface area contributed by atoms with Crippen LogP contribution in [0.4, 0.5) is 56.9 Å². The van der Waals surface area contributed by atoms with Gasteiger partial charge in [-0.25, -0.2) is 0 Å². The van der Waals surface area contributed by atoms with Crippen LogP contribution < -0.4 is 78.9 Å². The first-order valence-corrected chi connectivity index (χ1v) is 44.6. The van der Waals surface area contributed by atoms with E-state index < -0.39 is 0 Å². The fourth-order valence-corrected chi connectivity index (χ4v) is 19.7. The topological polar surface area (TPSA) is 54.9 Å². The van der Waals surface area contributed by atoms with E-state index in [1.165, 1.54) is 156 Å². The number of pyridine rings is 3. The lowest BCUT2D eigenvalue weighted by Crippen LogP contribution is -2.58. The van der Waals surface area contributed by atoms with Gasteiger partial charge < -0.3 is 24.1 Å². The van der Waals surface area contributed by atoms with Crippen LogP contribution in [0.3, 0.4) is 0 Å². The molecule has 0 bridgehead atoms. The summed E-state index contributed by atoms with van der Waals surface area (Å²) in [5, 5.41) is 0. The molecule has 0 fully saturated rings. The standard InChI is InChI=1S/2C24H18BN.3C23H17BN2/c2*1-3-11-19(12-4-1)25-23-17-9-7-15-21(23)22-16-8-10-18-24(22)26(25)20-13-5-2-6-14-20;1-2-10-19(11-3-1)26-23-15-7-5-13-21(23)20-12-4-6-14-22(20)24(26)18-9-8-16-25-17-18;2*1-2-10-18(11-3-1)26-22-15-7-5-13-20(22)19-12-4-6-14-21(19)24(26)23-16-8-9-17-25-23/h2*1-18H;3*1-17H. The lowest BCUT2D eigenvalue weighted by Gasteiger charge is -2.38. The Morgan fingerprint density at radius 1 is 0.146 bits per heavy atom. The Balaban J connectivity index is 0.0000000983. The van der Waals surface area contributed by atoms with Crippen molar-refractivity contribution in [1.29, 1.82) is 0 Å². The SMILES string of the molecule is c1ccc(B2c3ccccc3-c3ccccc3N2c2ccccc2)cc1.c1ccc(B2c3ccccc3-c3ccccc3N2c2ccccc2)cc1.c1ccc(N2B(c3ccccn3)c3ccccc3-c3ccccc32)cc1.c1ccc(N2B(c3ccccn3)c3ccccc3-c3ccccc32)cc1.c1ccc(N2B(c3cccnc3)c3ccccc3-c3ccccc32)cc1. The highest BCUT2D eigenvalue weighted by Gasteiger charge is 2.43. The second kappa shape index (κ2) is 37.4. The van der Waals surface area contributed by atoms with Gasteiger partial charge in [0, 0.05) is 121 Å². The lowest BCUT2D eigenvalue weighted by atomic mass is 9.46. The molecule has 0 spiro atoms. The summed E-state index contributed by atoms with van der Waals surface area (Å²) in [6, 6.07) is 178. The average molecular weight is 1660 g/mol. The summed E-state index contributed by atoms with van der Waals surface area (Å²) < 4.78 is 0. The molecule has 17 aromatic carbocycles. The van der Waals surface area contributed by atoms with E-state index in [0.717, 1.165) is 11.2 Å². The number of benzene rings is 17. The van der Waals surface area contributed by atoms with Gasteiger partial charge >= 0.3 is 34.2 Å². The zero-order chi connectivity index (χ0) is 86.7. The first-order valence-electron chi connectivity index (χ1n) is 44.6. The van der Waals surface area contributed by atoms with Gasteiger partial charge in [-0.05, 0) is 182 Å². The molecule has 0 saturated carbocycles. The van der Waals surface area contributed by atoms with Crippen molar-refractivity contribution in [2.24, 2.45) is 0 Å². The summed E-state index contributed by atoms with van der Waals surface area (Å²) in [5.41, 5.74) is 37.5. The Morgan fingerprint density at radius 3 is 0.592 bits per heavy atom. The van der Waals surface area contributed by atoms with Crippen LogP contribution in [0.15, 0.2) is 528 Å². The summed E-state index contributed by atoms with van der Waals surface area (Å²) in [6.45, 7) is 0.501. The first-order chi connectivity index (χ1) is 64.7. The minimum absolute atomic E-state index is 0.0460. The molecule has 0 amide bonds. The maximum atomic E-state index is 4.71. The average Bonchev–Trinajstić information content (AvgIpc) is 0.759. The minimum atomic E-state index is 0.0460. The molecule has 8 heterocycles. The molecule has 25 rings (SSSR count). The molecule has 3 aromatic heterocycles. The van der Waals surface area contributed by atoms with Crippen LogP contribution in [0.5, 0.6) is 0 Å². The number of para-hydroxylation sites is 10. The number of nitrogens with zero attached hydrogens (tertiary/aromatic N) is 8. The summed E-state index contributed by atoms with van der Waals surface area (Å²) >= 11 is 0. The van der Waals surface area contributed by atoms with E-state index in [9.17, 15) is 0 Å². The van der Waals surface area contributed by atoms with Gasteiger partial charge in [-0.15, -0.1) is 0 Å². The Bertz CT molecular complexity index is 5810. The molecule has 5 aliphatic rings. The molecule has 130 heavy (non-hydrogen) atoms. The number of rotatable bonds is 10. The maximum Gasteiger partial charge on any atom is 0.348 e. The van der Waals surface area contributed by atoms with E-state index in [0.29, 0.717) is 0 Å². The summed E-state index contributed by atoms with van der Waals surface area (Å²) in [6.07, 6.45) is 7.56. The highest BCUT2D eigenvalue weighted by atomic mass is 15.1. The number of hydrogen-bond acceptors (Lipinski definition) is 8. The predicted molar refractivity (Wildman–Crippen MR) is 553 cm³/mol. The van der Waals surface area contributed by atoms with E-state index in [1.807, 2.05) is 43.0 Å². The molecule has 0 N–H and O–H groups in total. The Hall–Kier alpha value is -16.5. The van der Waals surface area contributed by atoms with Crippen molar-refractivity contribution in [3.8, 4) is 55.6 Å². The zero-order valence-electron chi connectivity index (χ0n) is 71.7. The van der Waals surface area contributed by atoms with Crippen molar-refractivity contribution < 1.29 is 0 Å². The van der Waals surface area contributed by atoms with Gasteiger partial charge in [0.1, 0.15) is 0 Å². The Kier molecular flexibility index (Phi) is 23.2. The van der Waals surface area contributed by atoms with Crippen molar-refractivity contribution in [2.75, 3.05) is 24.1 Å². The van der Waals surface area contributed by atoms with Gasteiger partial charge in [-0.1, -0.05) is 393 Å². The van der Waals surface area contributed by atoms with E-state index in [1.54, 1.807) is 0 Å². The third-order valence-corrected chi connectivity index (χ3v) is 25.2. The van der Waals surface area contributed by atoms with E-state index in [-0.39, 0.29) is 34.2 Å². The monoisotopic (exact) mass is 1660 g/mol. The molecular weight excluding hydrogens is 1570 g/mol. The number of hydrogen-bond donors (Lipinski definition) is 0. The number of anilines is 10. The number of aromatic nitrogens is 3. The van der Waals surface area contributed by atoms with Crippen LogP contribution in [-0.4, -0.2) is 49.2 Å². The molecule has 0 saturated heterocycles. The fourth-order valence-electron chi connectivity index (χ4n) is 19.7. The van der Waals surface area contributed by atoms with E-state index in [2.05, 4.69) is 514 Å². The molecule has 8 nitrogen and oxygen atoms in total. The zero-order valence-corrected chi connectivity index (χ0v) is 71.7. The third kappa shape index (κ3) is 15.8. The summed E-state index contributed by atoms with van der Waals surface area (Å²) in [7, 11) is 0. The summed E-state index contributed by atoms with van der Waals surface area (Å²) in [4.78, 5) is 26.0. The van der Waals surface area contributed by atoms with Crippen LogP contribution >= 0.6 is 0 Å². The van der Waals surface area contributed by atoms with Crippen molar-refractivity contribution in [3.05, 3.63) is 528 Å². The minimum Gasteiger partial charge on any atom is -0.376 e. The molecule has 610 valence electrons. The molecule has 13 heteroatoms. The molecule has 0 radical (unpaired) electrons. The fraction of sp³-hybridized carbons (Fsp3) is 0. The van der Waals surface area contributed by atoms with Crippen LogP contribution in [-0.2, 0) is 0 Å². The largest absolute Gasteiger partial charge is 0.376 e. The maximum absolute atomic E-state index is 4.71. The quantitative estimate of drug-likeness (QED) is 0.126. The van der Waals surface area contributed by atoms with Crippen molar-refractivity contribution in [2.45, 2.75) is 0 Å².